The summed E-state index contributed by atoms with van der Waals surface area (Å²) in [4.78, 5) is 0. The molecule has 1 atom stereocenters. The number of benzene rings is 2. The van der Waals surface area contributed by atoms with Crippen molar-refractivity contribution in [2.45, 2.75) is 19.4 Å². The summed E-state index contributed by atoms with van der Waals surface area (Å²) in [5.74, 6) is -0.639. The number of nitrogens with one attached hydrogen (secondary N) is 1. The molecule has 0 spiro atoms. The van der Waals surface area contributed by atoms with Gasteiger partial charge < -0.3 is 11.1 Å². The maximum atomic E-state index is 13.3. The third-order valence-corrected chi connectivity index (χ3v) is 3.56. The largest absolute Gasteiger partial charge is 0.397 e. The van der Waals surface area contributed by atoms with Crippen molar-refractivity contribution in [3.05, 3.63) is 58.1 Å². The summed E-state index contributed by atoms with van der Waals surface area (Å²) in [7, 11) is 0. The standard InChI is InChI=1S/C15H15BrF2N2/c1-9(6-10-2-4-11(17)5-3-10)20-15-7-12(16)13(18)8-14(15)19/h2-5,7-9,20H,6,19H2,1H3. The first kappa shape index (κ1) is 14.8. The summed E-state index contributed by atoms with van der Waals surface area (Å²) < 4.78 is 26.5. The molecule has 0 aliphatic heterocycles. The molecule has 5 heteroatoms. The van der Waals surface area contributed by atoms with Crippen LogP contribution in [0, 0.1) is 11.6 Å². The maximum absolute atomic E-state index is 13.3. The monoisotopic (exact) mass is 340 g/mol. The zero-order chi connectivity index (χ0) is 14.7. The molecule has 0 aliphatic carbocycles. The van der Waals surface area contributed by atoms with E-state index in [2.05, 4.69) is 21.2 Å². The van der Waals surface area contributed by atoms with Crippen LogP contribution in [-0.4, -0.2) is 6.04 Å². The second-order valence-electron chi connectivity index (χ2n) is 4.73. The molecule has 2 rings (SSSR count). The van der Waals surface area contributed by atoms with E-state index >= 15 is 0 Å². The van der Waals surface area contributed by atoms with E-state index in [0.717, 1.165) is 5.56 Å². The van der Waals surface area contributed by atoms with Crippen LogP contribution < -0.4 is 11.1 Å². The molecule has 0 aliphatic rings. The fourth-order valence-corrected chi connectivity index (χ4v) is 2.32. The van der Waals surface area contributed by atoms with Crippen LogP contribution in [0.3, 0.4) is 0 Å². The summed E-state index contributed by atoms with van der Waals surface area (Å²) in [6, 6.07) is 9.34. The topological polar surface area (TPSA) is 38.0 Å². The molecule has 1 unspecified atom stereocenters. The molecule has 0 aromatic heterocycles. The Bertz CT molecular complexity index is 600. The smallest absolute Gasteiger partial charge is 0.139 e. The quantitative estimate of drug-likeness (QED) is 0.812. The van der Waals surface area contributed by atoms with E-state index in [4.69, 9.17) is 5.73 Å². The summed E-state index contributed by atoms with van der Waals surface area (Å²) >= 11 is 3.13. The molecule has 20 heavy (non-hydrogen) atoms. The molecular formula is C15H15BrF2N2. The first-order valence-electron chi connectivity index (χ1n) is 6.21. The van der Waals surface area contributed by atoms with Gasteiger partial charge in [-0.15, -0.1) is 0 Å². The number of hydrogen-bond donors (Lipinski definition) is 2. The first-order valence-corrected chi connectivity index (χ1v) is 7.00. The Labute approximate surface area is 125 Å². The van der Waals surface area contributed by atoms with Crippen molar-refractivity contribution in [3.63, 3.8) is 0 Å². The van der Waals surface area contributed by atoms with Crippen molar-refractivity contribution in [3.8, 4) is 0 Å². The zero-order valence-corrected chi connectivity index (χ0v) is 12.5. The second kappa shape index (κ2) is 6.22. The van der Waals surface area contributed by atoms with Crippen molar-refractivity contribution in [1.29, 1.82) is 0 Å². The molecule has 0 amide bonds. The van der Waals surface area contributed by atoms with Crippen LogP contribution >= 0.6 is 15.9 Å². The van der Waals surface area contributed by atoms with Crippen molar-refractivity contribution in [1.82, 2.24) is 0 Å². The van der Waals surface area contributed by atoms with Gasteiger partial charge in [0.2, 0.25) is 0 Å². The van der Waals surface area contributed by atoms with E-state index in [1.54, 1.807) is 18.2 Å². The maximum Gasteiger partial charge on any atom is 0.139 e. The van der Waals surface area contributed by atoms with Crippen LogP contribution in [0.15, 0.2) is 40.9 Å². The van der Waals surface area contributed by atoms with E-state index in [-0.39, 0.29) is 17.7 Å². The lowest BCUT2D eigenvalue weighted by Crippen LogP contribution is -2.19. The van der Waals surface area contributed by atoms with Crippen molar-refractivity contribution in [2.75, 3.05) is 11.1 Å². The Morgan fingerprint density at radius 3 is 2.50 bits per heavy atom. The fourth-order valence-electron chi connectivity index (χ4n) is 1.98. The molecule has 3 N–H and O–H groups in total. The van der Waals surface area contributed by atoms with Gasteiger partial charge in [-0.05, 0) is 53.0 Å². The first-order chi connectivity index (χ1) is 9.45. The summed E-state index contributed by atoms with van der Waals surface area (Å²) in [5, 5.41) is 3.23. The average molecular weight is 341 g/mol. The predicted molar refractivity (Wildman–Crippen MR) is 81.7 cm³/mol. The van der Waals surface area contributed by atoms with Crippen LogP contribution in [-0.2, 0) is 6.42 Å². The normalized spacial score (nSPS) is 12.2. The summed E-state index contributed by atoms with van der Waals surface area (Å²) in [6.45, 7) is 1.99. The van der Waals surface area contributed by atoms with Crippen LogP contribution in [0.25, 0.3) is 0 Å². The predicted octanol–water partition coefficient (Wildman–Crippen LogP) is 4.35. The third kappa shape index (κ3) is 3.70. The van der Waals surface area contributed by atoms with Gasteiger partial charge in [0.1, 0.15) is 11.6 Å². The Balaban J connectivity index is 2.06. The summed E-state index contributed by atoms with van der Waals surface area (Å²) in [5.41, 5.74) is 7.83. The lowest BCUT2D eigenvalue weighted by Gasteiger charge is -2.17. The van der Waals surface area contributed by atoms with Crippen molar-refractivity contribution < 1.29 is 8.78 Å². The minimum atomic E-state index is -0.390. The van der Waals surface area contributed by atoms with Crippen molar-refractivity contribution in [2.24, 2.45) is 0 Å². The SMILES string of the molecule is CC(Cc1ccc(F)cc1)Nc1cc(Br)c(F)cc1N. The minimum absolute atomic E-state index is 0.0834. The Morgan fingerprint density at radius 2 is 1.85 bits per heavy atom. The molecular weight excluding hydrogens is 326 g/mol. The van der Waals surface area contributed by atoms with Crippen molar-refractivity contribution >= 4 is 27.3 Å². The van der Waals surface area contributed by atoms with E-state index in [1.807, 2.05) is 6.92 Å². The number of rotatable bonds is 4. The Morgan fingerprint density at radius 1 is 1.20 bits per heavy atom. The Hall–Kier alpha value is -1.62. The van der Waals surface area contributed by atoms with Gasteiger partial charge in [0.25, 0.3) is 0 Å². The molecule has 0 fully saturated rings. The molecule has 106 valence electrons. The fraction of sp³-hybridized carbons (Fsp3) is 0.200. The minimum Gasteiger partial charge on any atom is -0.397 e. The molecule has 2 nitrogen and oxygen atoms in total. The van der Waals surface area contributed by atoms with Gasteiger partial charge in [-0.25, -0.2) is 8.78 Å². The number of hydrogen-bond acceptors (Lipinski definition) is 2. The molecule has 0 saturated carbocycles. The van der Waals surface area contributed by atoms with Gasteiger partial charge >= 0.3 is 0 Å². The van der Waals surface area contributed by atoms with E-state index in [0.29, 0.717) is 22.3 Å². The highest BCUT2D eigenvalue weighted by atomic mass is 79.9. The molecule has 0 bridgehead atoms. The number of halogens is 3. The third-order valence-electron chi connectivity index (χ3n) is 2.95. The second-order valence-corrected chi connectivity index (χ2v) is 5.58. The van der Waals surface area contributed by atoms with Gasteiger partial charge in [0.05, 0.1) is 15.8 Å². The van der Waals surface area contributed by atoms with Gasteiger partial charge in [0.15, 0.2) is 0 Å². The van der Waals surface area contributed by atoms with Gasteiger partial charge in [-0.2, -0.15) is 0 Å². The Kier molecular flexibility index (Phi) is 4.60. The highest BCUT2D eigenvalue weighted by Gasteiger charge is 2.09. The molecule has 0 heterocycles. The highest BCUT2D eigenvalue weighted by molar-refractivity contribution is 9.10. The zero-order valence-electron chi connectivity index (χ0n) is 11.0. The molecule has 2 aromatic carbocycles. The lowest BCUT2D eigenvalue weighted by molar-refractivity contribution is 0.622. The van der Waals surface area contributed by atoms with E-state index in [9.17, 15) is 8.78 Å². The average Bonchev–Trinajstić information content (AvgIpc) is 2.39. The van der Waals surface area contributed by atoms with Crippen LogP contribution in [0.2, 0.25) is 0 Å². The van der Waals surface area contributed by atoms with Crippen LogP contribution in [0.4, 0.5) is 20.2 Å². The van der Waals surface area contributed by atoms with Gasteiger partial charge in [-0.3, -0.25) is 0 Å². The van der Waals surface area contributed by atoms with Gasteiger partial charge in [0, 0.05) is 12.1 Å². The molecule has 0 radical (unpaired) electrons. The highest BCUT2D eigenvalue weighted by Crippen LogP contribution is 2.27. The molecule has 2 aromatic rings. The van der Waals surface area contributed by atoms with Crippen LogP contribution in [0.5, 0.6) is 0 Å². The number of nitrogen functional groups attached to an aromatic ring is 1. The van der Waals surface area contributed by atoms with Gasteiger partial charge in [-0.1, -0.05) is 12.1 Å². The van der Waals surface area contributed by atoms with E-state index < -0.39 is 0 Å². The summed E-state index contributed by atoms with van der Waals surface area (Å²) in [6.07, 6.45) is 0.717. The van der Waals surface area contributed by atoms with Crippen LogP contribution in [0.1, 0.15) is 12.5 Å². The lowest BCUT2D eigenvalue weighted by atomic mass is 10.1. The number of anilines is 2. The number of nitrogens with two attached hydrogens (primary N) is 1. The van der Waals surface area contributed by atoms with E-state index in [1.165, 1.54) is 18.2 Å². The molecule has 0 saturated heterocycles.